The largest absolute Gasteiger partial charge is 0.497 e. The van der Waals surface area contributed by atoms with E-state index in [4.69, 9.17) is 14.6 Å². The number of benzene rings is 1. The van der Waals surface area contributed by atoms with E-state index in [0.29, 0.717) is 30.3 Å². The van der Waals surface area contributed by atoms with Gasteiger partial charge in [-0.15, -0.1) is 0 Å². The third kappa shape index (κ3) is 5.96. The Hall–Kier alpha value is -2.80. The normalized spacial score (nSPS) is 11.5. The van der Waals surface area contributed by atoms with Gasteiger partial charge >= 0.3 is 6.03 Å². The number of nitrogens with zero attached hydrogens (tertiary/aromatic N) is 1. The van der Waals surface area contributed by atoms with Gasteiger partial charge in [-0.05, 0) is 24.1 Å². The fourth-order valence-electron chi connectivity index (χ4n) is 2.06. The molecular weight excluding hydrogens is 322 g/mol. The number of aliphatic hydroxyl groups is 1. The van der Waals surface area contributed by atoms with Crippen LogP contribution >= 0.6 is 0 Å². The first-order valence-corrected chi connectivity index (χ1v) is 8.06. The highest BCUT2D eigenvalue weighted by atomic mass is 16.5. The maximum absolute atomic E-state index is 11.7. The summed E-state index contributed by atoms with van der Waals surface area (Å²) >= 11 is 0. The van der Waals surface area contributed by atoms with Gasteiger partial charge in [-0.3, -0.25) is 0 Å². The smallest absolute Gasteiger partial charge is 0.315 e. The van der Waals surface area contributed by atoms with Crippen LogP contribution in [-0.2, 0) is 6.54 Å². The summed E-state index contributed by atoms with van der Waals surface area (Å²) in [6.45, 7) is 2.15. The van der Waals surface area contributed by atoms with Gasteiger partial charge in [0.2, 0.25) is 5.88 Å². The molecule has 7 nitrogen and oxygen atoms in total. The van der Waals surface area contributed by atoms with E-state index in [2.05, 4.69) is 15.6 Å². The van der Waals surface area contributed by atoms with Crippen LogP contribution in [0.2, 0.25) is 0 Å². The van der Waals surface area contributed by atoms with Gasteiger partial charge in [0.15, 0.2) is 0 Å². The first-order chi connectivity index (χ1) is 12.1. The standard InChI is InChI=1S/C18H23N3O4/c1-3-14(12-22)21-18(23)20-11-13-7-8-17(19-10-13)25-16-6-4-5-15(9-16)24-2/h4-10,14,22H,3,11-12H2,1-2H3,(H2,20,21,23)/t14-/m1/s1. The molecule has 25 heavy (non-hydrogen) atoms. The monoisotopic (exact) mass is 345 g/mol. The van der Waals surface area contributed by atoms with Gasteiger partial charge in [0.1, 0.15) is 11.5 Å². The summed E-state index contributed by atoms with van der Waals surface area (Å²) in [4.78, 5) is 15.9. The number of hydrogen-bond acceptors (Lipinski definition) is 5. The van der Waals surface area contributed by atoms with Crippen LogP contribution in [0.3, 0.4) is 0 Å². The molecule has 1 atom stereocenters. The molecule has 134 valence electrons. The number of methoxy groups -OCH3 is 1. The lowest BCUT2D eigenvalue weighted by Crippen LogP contribution is -2.43. The van der Waals surface area contributed by atoms with Gasteiger partial charge in [-0.1, -0.05) is 19.1 Å². The highest BCUT2D eigenvalue weighted by Gasteiger charge is 2.08. The summed E-state index contributed by atoms with van der Waals surface area (Å²) in [6.07, 6.45) is 2.31. The summed E-state index contributed by atoms with van der Waals surface area (Å²) in [5, 5.41) is 14.5. The molecule has 0 spiro atoms. The number of urea groups is 1. The minimum absolute atomic E-state index is 0.0816. The number of hydrogen-bond donors (Lipinski definition) is 3. The van der Waals surface area contributed by atoms with E-state index in [9.17, 15) is 4.79 Å². The van der Waals surface area contributed by atoms with Crippen molar-refractivity contribution < 1.29 is 19.4 Å². The highest BCUT2D eigenvalue weighted by molar-refractivity contribution is 5.74. The Labute approximate surface area is 147 Å². The van der Waals surface area contributed by atoms with E-state index in [-0.39, 0.29) is 18.7 Å². The van der Waals surface area contributed by atoms with E-state index in [0.717, 1.165) is 5.56 Å². The maximum atomic E-state index is 11.7. The molecule has 2 amide bonds. The Bertz CT molecular complexity index is 672. The first-order valence-electron chi connectivity index (χ1n) is 8.06. The second-order valence-corrected chi connectivity index (χ2v) is 5.40. The van der Waals surface area contributed by atoms with Crippen LogP contribution in [0.4, 0.5) is 4.79 Å². The molecule has 0 saturated carbocycles. The van der Waals surface area contributed by atoms with Crippen LogP contribution in [0.5, 0.6) is 17.4 Å². The topological polar surface area (TPSA) is 92.7 Å². The van der Waals surface area contributed by atoms with Crippen LogP contribution in [-0.4, -0.2) is 35.9 Å². The van der Waals surface area contributed by atoms with E-state index < -0.39 is 0 Å². The average Bonchev–Trinajstić information content (AvgIpc) is 2.65. The van der Waals surface area contributed by atoms with Crippen LogP contribution in [0.25, 0.3) is 0 Å². The molecule has 1 aromatic carbocycles. The molecule has 0 aliphatic heterocycles. The Morgan fingerprint density at radius 2 is 2.08 bits per heavy atom. The lowest BCUT2D eigenvalue weighted by molar-refractivity contribution is 0.214. The Balaban J connectivity index is 1.86. The van der Waals surface area contributed by atoms with Crippen LogP contribution in [0, 0.1) is 0 Å². The zero-order valence-electron chi connectivity index (χ0n) is 14.4. The molecule has 3 N–H and O–H groups in total. The zero-order chi connectivity index (χ0) is 18.1. The number of carbonyl (C=O) groups excluding carboxylic acids is 1. The molecule has 0 saturated heterocycles. The van der Waals surface area contributed by atoms with Gasteiger partial charge in [-0.25, -0.2) is 9.78 Å². The average molecular weight is 345 g/mol. The molecule has 0 aliphatic rings. The van der Waals surface area contributed by atoms with Crippen molar-refractivity contribution in [1.29, 1.82) is 0 Å². The quantitative estimate of drug-likeness (QED) is 0.683. The van der Waals surface area contributed by atoms with Crippen molar-refractivity contribution >= 4 is 6.03 Å². The lowest BCUT2D eigenvalue weighted by Gasteiger charge is -2.14. The fraction of sp³-hybridized carbons (Fsp3) is 0.333. The highest BCUT2D eigenvalue weighted by Crippen LogP contribution is 2.23. The number of pyridine rings is 1. The van der Waals surface area contributed by atoms with Gasteiger partial charge in [-0.2, -0.15) is 0 Å². The van der Waals surface area contributed by atoms with Crippen molar-refractivity contribution in [1.82, 2.24) is 15.6 Å². The summed E-state index contributed by atoms with van der Waals surface area (Å²) in [5.41, 5.74) is 0.838. The Morgan fingerprint density at radius 3 is 2.72 bits per heavy atom. The second-order valence-electron chi connectivity index (χ2n) is 5.40. The molecular formula is C18H23N3O4. The predicted octanol–water partition coefficient (Wildman–Crippen LogP) is 2.45. The molecule has 0 bridgehead atoms. The number of ether oxygens (including phenoxy) is 2. The van der Waals surface area contributed by atoms with Gasteiger partial charge in [0.05, 0.1) is 19.8 Å². The molecule has 7 heteroatoms. The first kappa shape index (κ1) is 18.5. The molecule has 0 unspecified atom stereocenters. The van der Waals surface area contributed by atoms with Crippen LogP contribution in [0.1, 0.15) is 18.9 Å². The van der Waals surface area contributed by atoms with Crippen LogP contribution < -0.4 is 20.1 Å². The predicted molar refractivity (Wildman–Crippen MR) is 93.8 cm³/mol. The van der Waals surface area contributed by atoms with Gasteiger partial charge in [0.25, 0.3) is 0 Å². The van der Waals surface area contributed by atoms with Crippen molar-refractivity contribution in [2.75, 3.05) is 13.7 Å². The Kier molecular flexibility index (Phi) is 7.03. The number of rotatable bonds is 8. The minimum Gasteiger partial charge on any atom is -0.497 e. The third-order valence-corrected chi connectivity index (χ3v) is 3.56. The third-order valence-electron chi connectivity index (χ3n) is 3.56. The van der Waals surface area contributed by atoms with Crippen molar-refractivity contribution in [3.63, 3.8) is 0 Å². The van der Waals surface area contributed by atoms with Gasteiger partial charge in [0, 0.05) is 24.9 Å². The van der Waals surface area contributed by atoms with E-state index in [1.165, 1.54) is 0 Å². The summed E-state index contributed by atoms with van der Waals surface area (Å²) in [7, 11) is 1.60. The summed E-state index contributed by atoms with van der Waals surface area (Å²) in [6, 6.07) is 10.3. The summed E-state index contributed by atoms with van der Waals surface area (Å²) in [5.74, 6) is 1.79. The second kappa shape index (κ2) is 9.48. The number of carbonyl (C=O) groups is 1. The number of aliphatic hydroxyl groups excluding tert-OH is 1. The van der Waals surface area contributed by atoms with Crippen molar-refractivity contribution in [3.8, 4) is 17.4 Å². The van der Waals surface area contributed by atoms with Crippen LogP contribution in [0.15, 0.2) is 42.6 Å². The van der Waals surface area contributed by atoms with Gasteiger partial charge < -0.3 is 25.2 Å². The summed E-state index contributed by atoms with van der Waals surface area (Å²) < 4.78 is 10.8. The van der Waals surface area contributed by atoms with Crippen molar-refractivity contribution in [3.05, 3.63) is 48.2 Å². The van der Waals surface area contributed by atoms with Crippen molar-refractivity contribution in [2.45, 2.75) is 25.9 Å². The maximum Gasteiger partial charge on any atom is 0.315 e. The van der Waals surface area contributed by atoms with Crippen molar-refractivity contribution in [2.24, 2.45) is 0 Å². The molecule has 0 aliphatic carbocycles. The number of nitrogens with one attached hydrogen (secondary N) is 2. The van der Waals surface area contributed by atoms with E-state index in [1.54, 1.807) is 25.4 Å². The molecule has 2 aromatic rings. The lowest BCUT2D eigenvalue weighted by atomic mass is 10.2. The fourth-order valence-corrected chi connectivity index (χ4v) is 2.06. The molecule has 0 radical (unpaired) electrons. The zero-order valence-corrected chi connectivity index (χ0v) is 14.4. The molecule has 2 rings (SSSR count). The number of amides is 2. The number of aromatic nitrogens is 1. The van der Waals surface area contributed by atoms with E-state index in [1.807, 2.05) is 31.2 Å². The SMILES string of the molecule is CC[C@H](CO)NC(=O)NCc1ccc(Oc2cccc(OC)c2)nc1. The van der Waals surface area contributed by atoms with E-state index >= 15 is 0 Å². The molecule has 1 aromatic heterocycles. The Morgan fingerprint density at radius 1 is 1.28 bits per heavy atom. The minimum atomic E-state index is -0.322. The molecule has 0 fully saturated rings. The molecule has 1 heterocycles.